The van der Waals surface area contributed by atoms with E-state index in [0.717, 1.165) is 3.57 Å². The van der Waals surface area contributed by atoms with Crippen LogP contribution in [0.15, 0.2) is 24.3 Å². The molecule has 0 aliphatic heterocycles. The number of hydrogen-bond acceptors (Lipinski definition) is 2. The summed E-state index contributed by atoms with van der Waals surface area (Å²) in [5, 5.41) is 2.48. The largest absolute Gasteiger partial charge is 0.358 e. The summed E-state index contributed by atoms with van der Waals surface area (Å²) in [4.78, 5) is 24.4. The second-order valence-electron chi connectivity index (χ2n) is 3.34. The number of halogens is 1. The minimum absolute atomic E-state index is 0.0702. The zero-order valence-electron chi connectivity index (χ0n) is 9.16. The van der Waals surface area contributed by atoms with Crippen molar-refractivity contribution in [1.29, 1.82) is 0 Å². The maximum absolute atomic E-state index is 11.9. The maximum atomic E-state index is 11.9. The zero-order valence-corrected chi connectivity index (χ0v) is 11.3. The van der Waals surface area contributed by atoms with Gasteiger partial charge in [0.15, 0.2) is 0 Å². The Hall–Kier alpha value is -1.11. The van der Waals surface area contributed by atoms with Crippen LogP contribution in [0.3, 0.4) is 0 Å². The number of hydrogen-bond donors (Lipinski definition) is 1. The van der Waals surface area contributed by atoms with Crippen molar-refractivity contribution in [2.75, 3.05) is 20.6 Å². The molecule has 0 spiro atoms. The summed E-state index contributed by atoms with van der Waals surface area (Å²) in [6.45, 7) is 0.0702. The molecule has 1 rings (SSSR count). The topological polar surface area (TPSA) is 49.4 Å². The monoisotopic (exact) mass is 332 g/mol. The van der Waals surface area contributed by atoms with E-state index in [-0.39, 0.29) is 18.4 Å². The van der Waals surface area contributed by atoms with E-state index in [2.05, 4.69) is 27.9 Å². The summed E-state index contributed by atoms with van der Waals surface area (Å²) in [6, 6.07) is 7.27. The number of likely N-dealkylation sites (N-methyl/N-ethyl adjacent to an activating group) is 2. The predicted molar refractivity (Wildman–Crippen MR) is 70.2 cm³/mol. The van der Waals surface area contributed by atoms with Gasteiger partial charge in [-0.25, -0.2) is 0 Å². The fourth-order valence-electron chi connectivity index (χ4n) is 1.21. The van der Waals surface area contributed by atoms with Crippen molar-refractivity contribution in [2.45, 2.75) is 0 Å². The minimum Gasteiger partial charge on any atom is -0.358 e. The number of amides is 2. The van der Waals surface area contributed by atoms with Gasteiger partial charge in [0.05, 0.1) is 6.54 Å². The highest BCUT2D eigenvalue weighted by atomic mass is 127. The molecule has 16 heavy (non-hydrogen) atoms. The van der Waals surface area contributed by atoms with Gasteiger partial charge in [-0.2, -0.15) is 0 Å². The molecule has 5 heteroatoms. The summed E-state index contributed by atoms with van der Waals surface area (Å²) >= 11 is 2.14. The molecule has 0 atom stereocenters. The van der Waals surface area contributed by atoms with Gasteiger partial charge in [-0.15, -0.1) is 0 Å². The molecule has 1 aromatic rings. The second-order valence-corrected chi connectivity index (χ2v) is 4.59. The Morgan fingerprint density at radius 1 is 1.44 bits per heavy atom. The fourth-order valence-corrected chi connectivity index (χ4v) is 1.75. The Morgan fingerprint density at radius 2 is 2.12 bits per heavy atom. The smallest absolute Gasteiger partial charge is 0.254 e. The lowest BCUT2D eigenvalue weighted by atomic mass is 10.2. The first-order valence-electron chi connectivity index (χ1n) is 4.76. The highest BCUT2D eigenvalue weighted by Gasteiger charge is 2.13. The van der Waals surface area contributed by atoms with E-state index < -0.39 is 0 Å². The lowest BCUT2D eigenvalue weighted by Crippen LogP contribution is -2.36. The number of nitrogens with one attached hydrogen (secondary N) is 1. The van der Waals surface area contributed by atoms with Crippen molar-refractivity contribution in [3.63, 3.8) is 0 Å². The van der Waals surface area contributed by atoms with Gasteiger partial charge in [0.2, 0.25) is 5.91 Å². The van der Waals surface area contributed by atoms with Crippen molar-refractivity contribution in [3.05, 3.63) is 33.4 Å². The summed E-state index contributed by atoms with van der Waals surface area (Å²) in [5.41, 5.74) is 0.596. The molecule has 0 bridgehead atoms. The molecule has 0 saturated carbocycles. The number of nitrogens with zero attached hydrogens (tertiary/aromatic N) is 1. The molecule has 4 nitrogen and oxygen atoms in total. The highest BCUT2D eigenvalue weighted by molar-refractivity contribution is 14.1. The van der Waals surface area contributed by atoms with Gasteiger partial charge in [0, 0.05) is 23.2 Å². The van der Waals surface area contributed by atoms with Gasteiger partial charge in [0.1, 0.15) is 0 Å². The van der Waals surface area contributed by atoms with Gasteiger partial charge in [-0.3, -0.25) is 9.59 Å². The molecule has 0 saturated heterocycles. The molecule has 0 aliphatic rings. The lowest BCUT2D eigenvalue weighted by Gasteiger charge is -2.16. The number of rotatable bonds is 3. The third kappa shape index (κ3) is 3.48. The van der Waals surface area contributed by atoms with Crippen LogP contribution >= 0.6 is 22.6 Å². The summed E-state index contributed by atoms with van der Waals surface area (Å²) in [5.74, 6) is -0.330. The van der Waals surface area contributed by atoms with Crippen LogP contribution in [0.5, 0.6) is 0 Å². The first-order valence-corrected chi connectivity index (χ1v) is 5.84. The summed E-state index contributed by atoms with van der Waals surface area (Å²) < 4.78 is 0.997. The molecule has 86 valence electrons. The number of carbonyl (C=O) groups excluding carboxylic acids is 2. The van der Waals surface area contributed by atoms with E-state index in [4.69, 9.17) is 0 Å². The van der Waals surface area contributed by atoms with Crippen LogP contribution in [0.1, 0.15) is 10.4 Å². The van der Waals surface area contributed by atoms with Crippen molar-refractivity contribution >= 4 is 34.4 Å². The van der Waals surface area contributed by atoms with Gasteiger partial charge in [-0.1, -0.05) is 6.07 Å². The Balaban J connectivity index is 2.74. The Labute approximate surface area is 108 Å². The van der Waals surface area contributed by atoms with Crippen LogP contribution in [0.2, 0.25) is 0 Å². The molecule has 0 aliphatic carbocycles. The molecule has 0 unspecified atom stereocenters. The molecule has 0 heterocycles. The first-order chi connectivity index (χ1) is 7.54. The molecule has 0 radical (unpaired) electrons. The van der Waals surface area contributed by atoms with Crippen LogP contribution in [-0.2, 0) is 4.79 Å². The molecular weight excluding hydrogens is 319 g/mol. The van der Waals surface area contributed by atoms with Crippen molar-refractivity contribution in [3.8, 4) is 0 Å². The highest BCUT2D eigenvalue weighted by Crippen LogP contribution is 2.09. The van der Waals surface area contributed by atoms with Crippen LogP contribution in [0.4, 0.5) is 0 Å². The van der Waals surface area contributed by atoms with Crippen LogP contribution < -0.4 is 5.32 Å². The fraction of sp³-hybridized carbons (Fsp3) is 0.273. The van der Waals surface area contributed by atoms with Crippen molar-refractivity contribution < 1.29 is 9.59 Å². The normalized spacial score (nSPS) is 9.69. The third-order valence-corrected chi connectivity index (χ3v) is 2.75. The quantitative estimate of drug-likeness (QED) is 0.843. The molecule has 0 aromatic heterocycles. The lowest BCUT2D eigenvalue weighted by molar-refractivity contribution is -0.121. The van der Waals surface area contributed by atoms with Gasteiger partial charge in [0.25, 0.3) is 5.91 Å². The van der Waals surface area contributed by atoms with E-state index in [9.17, 15) is 9.59 Å². The van der Waals surface area contributed by atoms with E-state index >= 15 is 0 Å². The number of carbonyl (C=O) groups is 2. The van der Waals surface area contributed by atoms with Crippen molar-refractivity contribution in [1.82, 2.24) is 10.2 Å². The zero-order chi connectivity index (χ0) is 12.1. The van der Waals surface area contributed by atoms with E-state index in [1.165, 1.54) is 4.90 Å². The average Bonchev–Trinajstić information content (AvgIpc) is 2.27. The number of benzene rings is 1. The maximum Gasteiger partial charge on any atom is 0.254 e. The Kier molecular flexibility index (Phi) is 4.72. The van der Waals surface area contributed by atoms with E-state index in [0.29, 0.717) is 5.56 Å². The van der Waals surface area contributed by atoms with E-state index in [1.54, 1.807) is 26.2 Å². The standard InChI is InChI=1S/C11H13IN2O2/c1-13-10(15)7-14(2)11(16)8-4-3-5-9(12)6-8/h3-6H,7H2,1-2H3,(H,13,15). The van der Waals surface area contributed by atoms with Gasteiger partial charge >= 0.3 is 0 Å². The van der Waals surface area contributed by atoms with Crippen LogP contribution in [0.25, 0.3) is 0 Å². The second kappa shape index (κ2) is 5.83. The minimum atomic E-state index is -0.179. The predicted octanol–water partition coefficient (Wildman–Crippen LogP) is 1.11. The Bertz CT molecular complexity index is 407. The summed E-state index contributed by atoms with van der Waals surface area (Å²) in [7, 11) is 3.16. The Morgan fingerprint density at radius 3 is 2.69 bits per heavy atom. The van der Waals surface area contributed by atoms with Gasteiger partial charge in [-0.05, 0) is 40.8 Å². The average molecular weight is 332 g/mol. The first kappa shape index (κ1) is 13.0. The molecule has 2 amide bonds. The van der Waals surface area contributed by atoms with Crippen LogP contribution in [-0.4, -0.2) is 37.4 Å². The SMILES string of the molecule is CNC(=O)CN(C)C(=O)c1cccc(I)c1. The van der Waals surface area contributed by atoms with Crippen LogP contribution in [0, 0.1) is 3.57 Å². The van der Waals surface area contributed by atoms with Gasteiger partial charge < -0.3 is 10.2 Å². The van der Waals surface area contributed by atoms with E-state index in [1.807, 2.05) is 12.1 Å². The molecular formula is C11H13IN2O2. The third-order valence-electron chi connectivity index (χ3n) is 2.08. The summed E-state index contributed by atoms with van der Waals surface area (Å²) in [6.07, 6.45) is 0. The molecule has 1 aromatic carbocycles. The molecule has 0 fully saturated rings. The van der Waals surface area contributed by atoms with Crippen molar-refractivity contribution in [2.24, 2.45) is 0 Å². The molecule has 1 N–H and O–H groups in total.